The predicted octanol–water partition coefficient (Wildman–Crippen LogP) is 2.78. The van der Waals surface area contributed by atoms with Gasteiger partial charge in [0.05, 0.1) is 10.7 Å². The summed E-state index contributed by atoms with van der Waals surface area (Å²) in [5, 5.41) is 9.72. The summed E-state index contributed by atoms with van der Waals surface area (Å²) in [6, 6.07) is 0. The molecule has 0 spiro atoms. The maximum Gasteiger partial charge on any atom is 0.191 e. The summed E-state index contributed by atoms with van der Waals surface area (Å²) in [6.45, 7) is 9.54. The molecule has 0 unspecified atom stereocenters. The molecule has 1 heterocycles. The number of nitrogens with one attached hydrogen (secondary N) is 2. The van der Waals surface area contributed by atoms with E-state index in [9.17, 15) is 0 Å². The molecule has 0 amide bonds. The Morgan fingerprint density at radius 2 is 2.26 bits per heavy atom. The second-order valence-corrected chi connectivity index (χ2v) is 5.14. The number of aromatic nitrogens is 1. The van der Waals surface area contributed by atoms with Crippen molar-refractivity contribution in [2.75, 3.05) is 20.1 Å². The molecule has 0 saturated carbocycles. The van der Waals surface area contributed by atoms with Crippen LogP contribution in [0.1, 0.15) is 30.5 Å². The van der Waals surface area contributed by atoms with E-state index in [1.165, 1.54) is 5.01 Å². The molecule has 19 heavy (non-hydrogen) atoms. The first-order chi connectivity index (χ1) is 8.67. The van der Waals surface area contributed by atoms with Gasteiger partial charge in [-0.05, 0) is 0 Å². The molecular formula is C13H23IN4S. The molecule has 0 aliphatic carbocycles. The van der Waals surface area contributed by atoms with Crippen LogP contribution in [0.15, 0.2) is 23.0 Å². The van der Waals surface area contributed by atoms with Crippen molar-refractivity contribution in [1.82, 2.24) is 15.6 Å². The van der Waals surface area contributed by atoms with E-state index in [4.69, 9.17) is 0 Å². The fraction of sp³-hybridized carbons (Fsp3) is 0.538. The molecule has 6 heteroatoms. The van der Waals surface area contributed by atoms with Crippen molar-refractivity contribution in [2.45, 2.75) is 26.2 Å². The van der Waals surface area contributed by atoms with E-state index in [2.05, 4.69) is 46.4 Å². The van der Waals surface area contributed by atoms with Gasteiger partial charge in [-0.15, -0.1) is 41.9 Å². The fourth-order valence-electron chi connectivity index (χ4n) is 1.40. The minimum absolute atomic E-state index is 0. The van der Waals surface area contributed by atoms with E-state index < -0.39 is 0 Å². The van der Waals surface area contributed by atoms with Gasteiger partial charge in [0, 0.05) is 37.9 Å². The third-order valence-corrected chi connectivity index (χ3v) is 3.57. The van der Waals surface area contributed by atoms with Crippen molar-refractivity contribution in [3.8, 4) is 0 Å². The number of hydrogen-bond acceptors (Lipinski definition) is 3. The molecule has 1 aromatic heterocycles. The normalized spacial score (nSPS) is 11.1. The zero-order valence-electron chi connectivity index (χ0n) is 11.8. The summed E-state index contributed by atoms with van der Waals surface area (Å²) in [7, 11) is 1.76. The van der Waals surface area contributed by atoms with Crippen molar-refractivity contribution in [3.63, 3.8) is 0 Å². The van der Waals surface area contributed by atoms with Gasteiger partial charge in [-0.1, -0.05) is 19.9 Å². The van der Waals surface area contributed by atoms with Gasteiger partial charge in [0.15, 0.2) is 5.96 Å². The summed E-state index contributed by atoms with van der Waals surface area (Å²) in [4.78, 5) is 8.72. The lowest BCUT2D eigenvalue weighted by atomic mass is 10.2. The van der Waals surface area contributed by atoms with Crippen LogP contribution in [0.3, 0.4) is 0 Å². The van der Waals surface area contributed by atoms with E-state index in [1.54, 1.807) is 18.4 Å². The van der Waals surface area contributed by atoms with E-state index in [1.807, 2.05) is 6.08 Å². The second kappa shape index (κ2) is 10.2. The van der Waals surface area contributed by atoms with Gasteiger partial charge in [0.2, 0.25) is 0 Å². The summed E-state index contributed by atoms with van der Waals surface area (Å²) in [6.07, 6.45) is 2.72. The number of thiazole rings is 1. The zero-order chi connectivity index (χ0) is 13.4. The van der Waals surface area contributed by atoms with E-state index in [-0.39, 0.29) is 24.0 Å². The number of rotatable bonds is 6. The Bertz CT molecular complexity index is 401. The Labute approximate surface area is 136 Å². The fourth-order valence-corrected chi connectivity index (χ4v) is 2.27. The van der Waals surface area contributed by atoms with Crippen LogP contribution in [0.4, 0.5) is 0 Å². The molecular weight excluding hydrogens is 371 g/mol. The number of aliphatic imine (C=N–C) groups is 1. The van der Waals surface area contributed by atoms with Gasteiger partial charge in [0.25, 0.3) is 0 Å². The third kappa shape index (κ3) is 6.91. The smallest absolute Gasteiger partial charge is 0.191 e. The van der Waals surface area contributed by atoms with E-state index >= 15 is 0 Å². The molecule has 0 fully saturated rings. The van der Waals surface area contributed by atoms with Gasteiger partial charge in [-0.2, -0.15) is 0 Å². The highest BCUT2D eigenvalue weighted by Gasteiger charge is 2.05. The maximum absolute atomic E-state index is 4.60. The van der Waals surface area contributed by atoms with Gasteiger partial charge in [-0.25, -0.2) is 4.98 Å². The first-order valence-corrected chi connectivity index (χ1v) is 7.05. The maximum atomic E-state index is 4.60. The highest BCUT2D eigenvalue weighted by Crippen LogP contribution is 2.19. The Hall–Kier alpha value is -0.630. The highest BCUT2D eigenvalue weighted by atomic mass is 127. The molecule has 0 saturated heterocycles. The Balaban J connectivity index is 0.00000324. The molecule has 0 bridgehead atoms. The molecule has 2 N–H and O–H groups in total. The quantitative estimate of drug-likeness (QED) is 0.338. The summed E-state index contributed by atoms with van der Waals surface area (Å²) in [5.41, 5.74) is 1.15. The first-order valence-electron chi connectivity index (χ1n) is 6.17. The van der Waals surface area contributed by atoms with Crippen molar-refractivity contribution in [3.05, 3.63) is 28.7 Å². The van der Waals surface area contributed by atoms with Crippen molar-refractivity contribution < 1.29 is 0 Å². The Morgan fingerprint density at radius 3 is 2.79 bits per heavy atom. The van der Waals surface area contributed by atoms with Gasteiger partial charge in [-0.3, -0.25) is 4.99 Å². The van der Waals surface area contributed by atoms with Crippen LogP contribution in [0, 0.1) is 0 Å². The molecule has 0 aliphatic heterocycles. The van der Waals surface area contributed by atoms with Gasteiger partial charge >= 0.3 is 0 Å². The second-order valence-electron chi connectivity index (χ2n) is 4.25. The molecule has 4 nitrogen and oxygen atoms in total. The number of guanidine groups is 1. The number of halogens is 1. The lowest BCUT2D eigenvalue weighted by Gasteiger charge is -2.09. The lowest BCUT2D eigenvalue weighted by Crippen LogP contribution is -2.38. The van der Waals surface area contributed by atoms with E-state index in [0.29, 0.717) is 12.5 Å². The third-order valence-electron chi connectivity index (χ3n) is 2.37. The summed E-state index contributed by atoms with van der Waals surface area (Å²) < 4.78 is 0. The Kier molecular flexibility index (Phi) is 9.85. The van der Waals surface area contributed by atoms with Crippen molar-refractivity contribution >= 4 is 41.3 Å². The topological polar surface area (TPSA) is 49.3 Å². The van der Waals surface area contributed by atoms with Crippen LogP contribution in [0.25, 0.3) is 0 Å². The van der Waals surface area contributed by atoms with Crippen LogP contribution < -0.4 is 10.6 Å². The van der Waals surface area contributed by atoms with Crippen LogP contribution in [0.5, 0.6) is 0 Å². The molecule has 1 rings (SSSR count). The van der Waals surface area contributed by atoms with Crippen LogP contribution in [-0.2, 0) is 6.42 Å². The molecule has 0 atom stereocenters. The largest absolute Gasteiger partial charge is 0.356 e. The van der Waals surface area contributed by atoms with Gasteiger partial charge in [0.1, 0.15) is 0 Å². The molecule has 0 aromatic carbocycles. The number of nitrogens with zero attached hydrogens (tertiary/aromatic N) is 2. The zero-order valence-corrected chi connectivity index (χ0v) is 14.9. The molecule has 1 aromatic rings. The van der Waals surface area contributed by atoms with Crippen LogP contribution >= 0.6 is 35.3 Å². The molecule has 0 aliphatic rings. The molecule has 0 radical (unpaired) electrons. The monoisotopic (exact) mass is 394 g/mol. The van der Waals surface area contributed by atoms with Crippen molar-refractivity contribution in [1.29, 1.82) is 0 Å². The van der Waals surface area contributed by atoms with Crippen LogP contribution in [0.2, 0.25) is 0 Å². The Morgan fingerprint density at radius 1 is 1.53 bits per heavy atom. The predicted molar refractivity (Wildman–Crippen MR) is 94.9 cm³/mol. The van der Waals surface area contributed by atoms with Gasteiger partial charge < -0.3 is 10.6 Å². The average Bonchev–Trinajstić information content (AvgIpc) is 2.82. The minimum atomic E-state index is 0. The van der Waals surface area contributed by atoms with E-state index in [0.717, 1.165) is 24.6 Å². The summed E-state index contributed by atoms with van der Waals surface area (Å²) in [5.74, 6) is 1.31. The minimum Gasteiger partial charge on any atom is -0.356 e. The summed E-state index contributed by atoms with van der Waals surface area (Å²) >= 11 is 1.74. The average molecular weight is 394 g/mol. The SMILES string of the molecule is C=CCNC(=NC)NCCc1csc(C(C)C)n1.I. The van der Waals surface area contributed by atoms with Crippen LogP contribution in [-0.4, -0.2) is 31.1 Å². The standard InChI is InChI=1S/C13H22N4S.HI/c1-5-7-15-13(14-4)16-8-6-11-9-18-12(17-11)10(2)3;/h5,9-10H,1,6-8H2,2-4H3,(H2,14,15,16);1H. The lowest BCUT2D eigenvalue weighted by molar-refractivity contribution is 0.792. The molecule has 108 valence electrons. The van der Waals surface area contributed by atoms with Crippen molar-refractivity contribution in [2.24, 2.45) is 4.99 Å². The number of hydrogen-bond donors (Lipinski definition) is 2. The first kappa shape index (κ1) is 18.4. The highest BCUT2D eigenvalue weighted by molar-refractivity contribution is 14.0.